The molecular weight excluding hydrogens is 304 g/mol. The minimum absolute atomic E-state index is 0.351. The topological polar surface area (TPSA) is 67.3 Å². The van der Waals surface area contributed by atoms with Crippen molar-refractivity contribution < 1.29 is 9.53 Å². The molecule has 0 radical (unpaired) electrons. The Labute approximate surface area is 136 Å². The fraction of sp³-hybridized carbons (Fsp3) is 0.667. The van der Waals surface area contributed by atoms with E-state index in [0.29, 0.717) is 23.6 Å². The second kappa shape index (κ2) is 7.13. The summed E-state index contributed by atoms with van der Waals surface area (Å²) >= 11 is 5.91. The molecule has 0 bridgehead atoms. The number of nitrogens with one attached hydrogen (secondary N) is 1. The fourth-order valence-electron chi connectivity index (χ4n) is 2.43. The van der Waals surface area contributed by atoms with Gasteiger partial charge in [-0.2, -0.15) is 0 Å². The Bertz CT molecular complexity index is 519. The van der Waals surface area contributed by atoms with Gasteiger partial charge in [0.15, 0.2) is 0 Å². The number of carbonyl (C=O) groups is 1. The minimum Gasteiger partial charge on any atom is -0.444 e. The summed E-state index contributed by atoms with van der Waals surface area (Å²) in [6.07, 6.45) is 3.39. The predicted octanol–water partition coefficient (Wildman–Crippen LogP) is 2.87. The van der Waals surface area contributed by atoms with E-state index >= 15 is 0 Å². The van der Waals surface area contributed by atoms with Crippen LogP contribution in [0.15, 0.2) is 12.3 Å². The molecule has 0 aliphatic carbocycles. The largest absolute Gasteiger partial charge is 0.444 e. The molecule has 0 spiro atoms. The van der Waals surface area contributed by atoms with Gasteiger partial charge in [-0.15, -0.1) is 0 Å². The monoisotopic (exact) mass is 326 g/mol. The van der Waals surface area contributed by atoms with Crippen molar-refractivity contribution in [1.29, 1.82) is 0 Å². The Balaban J connectivity index is 1.85. The molecule has 1 aliphatic heterocycles. The third-order valence-electron chi connectivity index (χ3n) is 3.34. The molecule has 22 heavy (non-hydrogen) atoms. The molecule has 1 atom stereocenters. The molecule has 1 unspecified atom stereocenters. The SMILES string of the molecule is CC(C)(C)OC(=O)NCC1CCCN(c2nccc(Cl)n2)C1. The van der Waals surface area contributed by atoms with Gasteiger partial charge in [-0.25, -0.2) is 14.8 Å². The summed E-state index contributed by atoms with van der Waals surface area (Å²) in [4.78, 5) is 22.3. The lowest BCUT2D eigenvalue weighted by Gasteiger charge is -2.33. The van der Waals surface area contributed by atoms with Gasteiger partial charge in [0, 0.05) is 25.8 Å². The first-order valence-corrected chi connectivity index (χ1v) is 7.91. The van der Waals surface area contributed by atoms with Gasteiger partial charge in [0.25, 0.3) is 0 Å². The summed E-state index contributed by atoms with van der Waals surface area (Å²) in [5, 5.41) is 3.28. The van der Waals surface area contributed by atoms with Crippen molar-refractivity contribution >= 4 is 23.6 Å². The van der Waals surface area contributed by atoms with Gasteiger partial charge < -0.3 is 15.0 Å². The average molecular weight is 327 g/mol. The van der Waals surface area contributed by atoms with Gasteiger partial charge in [0.1, 0.15) is 10.8 Å². The van der Waals surface area contributed by atoms with Crippen LogP contribution in [0, 0.1) is 5.92 Å². The van der Waals surface area contributed by atoms with Crippen LogP contribution in [0.4, 0.5) is 10.7 Å². The van der Waals surface area contributed by atoms with Crippen LogP contribution in [0.2, 0.25) is 5.15 Å². The molecule has 2 heterocycles. The van der Waals surface area contributed by atoms with Crippen molar-refractivity contribution in [3.8, 4) is 0 Å². The second-order valence-corrected chi connectivity index (χ2v) is 6.90. The van der Waals surface area contributed by atoms with E-state index in [9.17, 15) is 4.79 Å². The second-order valence-electron chi connectivity index (χ2n) is 6.52. The van der Waals surface area contributed by atoms with E-state index in [1.807, 2.05) is 20.8 Å². The summed E-state index contributed by atoms with van der Waals surface area (Å²) in [5.41, 5.74) is -0.475. The van der Waals surface area contributed by atoms with Crippen molar-refractivity contribution in [3.05, 3.63) is 17.4 Å². The highest BCUT2D eigenvalue weighted by atomic mass is 35.5. The van der Waals surface area contributed by atoms with Gasteiger partial charge in [0.2, 0.25) is 5.95 Å². The highest BCUT2D eigenvalue weighted by Crippen LogP contribution is 2.20. The Kier molecular flexibility index (Phi) is 5.45. The third-order valence-corrected chi connectivity index (χ3v) is 3.56. The molecule has 1 aromatic rings. The van der Waals surface area contributed by atoms with E-state index in [1.165, 1.54) is 0 Å². The summed E-state index contributed by atoms with van der Waals surface area (Å²) < 4.78 is 5.25. The molecule has 6 nitrogen and oxygen atoms in total. The number of nitrogens with zero attached hydrogens (tertiary/aromatic N) is 3. The average Bonchev–Trinajstić information content (AvgIpc) is 2.44. The van der Waals surface area contributed by atoms with Crippen molar-refractivity contribution in [2.75, 3.05) is 24.5 Å². The lowest BCUT2D eigenvalue weighted by Crippen LogP contribution is -2.42. The number of ether oxygens (including phenoxy) is 1. The molecule has 122 valence electrons. The molecule has 1 amide bonds. The number of hydrogen-bond acceptors (Lipinski definition) is 5. The van der Waals surface area contributed by atoms with Gasteiger partial charge in [-0.1, -0.05) is 11.6 Å². The summed E-state index contributed by atoms with van der Waals surface area (Å²) in [6.45, 7) is 7.85. The van der Waals surface area contributed by atoms with E-state index in [-0.39, 0.29) is 6.09 Å². The van der Waals surface area contributed by atoms with Crippen LogP contribution in [0.3, 0.4) is 0 Å². The summed E-state index contributed by atoms with van der Waals surface area (Å²) in [7, 11) is 0. The Morgan fingerprint density at radius 3 is 3.00 bits per heavy atom. The zero-order valence-corrected chi connectivity index (χ0v) is 14.1. The zero-order chi connectivity index (χ0) is 16.2. The molecule has 0 aromatic carbocycles. The minimum atomic E-state index is -0.475. The number of piperidine rings is 1. The van der Waals surface area contributed by atoms with E-state index in [0.717, 1.165) is 25.9 Å². The zero-order valence-electron chi connectivity index (χ0n) is 13.3. The van der Waals surface area contributed by atoms with Crippen LogP contribution in [-0.4, -0.2) is 41.3 Å². The molecule has 1 saturated heterocycles. The predicted molar refractivity (Wildman–Crippen MR) is 86.2 cm³/mol. The smallest absolute Gasteiger partial charge is 0.407 e. The van der Waals surface area contributed by atoms with Crippen molar-refractivity contribution in [1.82, 2.24) is 15.3 Å². The number of aromatic nitrogens is 2. The number of carbonyl (C=O) groups excluding carboxylic acids is 1. The van der Waals surface area contributed by atoms with E-state index in [4.69, 9.17) is 16.3 Å². The summed E-state index contributed by atoms with van der Waals surface area (Å²) in [6, 6.07) is 1.66. The number of halogens is 1. The summed E-state index contributed by atoms with van der Waals surface area (Å²) in [5.74, 6) is 0.998. The number of anilines is 1. The molecule has 7 heteroatoms. The molecule has 2 rings (SSSR count). The first-order chi connectivity index (χ1) is 10.3. The maximum atomic E-state index is 11.7. The van der Waals surface area contributed by atoms with E-state index in [2.05, 4.69) is 20.2 Å². The third kappa shape index (κ3) is 5.33. The highest BCUT2D eigenvalue weighted by Gasteiger charge is 2.23. The van der Waals surface area contributed by atoms with Crippen molar-refractivity contribution in [3.63, 3.8) is 0 Å². The maximum Gasteiger partial charge on any atom is 0.407 e. The maximum absolute atomic E-state index is 11.7. The first kappa shape index (κ1) is 16.8. The quantitative estimate of drug-likeness (QED) is 0.865. The lowest BCUT2D eigenvalue weighted by atomic mass is 9.98. The molecule has 1 aromatic heterocycles. The number of hydrogen-bond donors (Lipinski definition) is 1. The molecule has 1 fully saturated rings. The van der Waals surface area contributed by atoms with Crippen LogP contribution in [0.5, 0.6) is 0 Å². The Hall–Kier alpha value is -1.56. The lowest BCUT2D eigenvalue weighted by molar-refractivity contribution is 0.0517. The van der Waals surface area contributed by atoms with Crippen molar-refractivity contribution in [2.45, 2.75) is 39.2 Å². The fourth-order valence-corrected chi connectivity index (χ4v) is 2.57. The number of rotatable bonds is 3. The molecule has 1 aliphatic rings. The first-order valence-electron chi connectivity index (χ1n) is 7.54. The van der Waals surface area contributed by atoms with Crippen LogP contribution in [0.25, 0.3) is 0 Å². The van der Waals surface area contributed by atoms with Gasteiger partial charge in [-0.3, -0.25) is 0 Å². The number of alkyl carbamates (subject to hydrolysis) is 1. The van der Waals surface area contributed by atoms with Crippen LogP contribution < -0.4 is 10.2 Å². The van der Waals surface area contributed by atoms with E-state index < -0.39 is 5.60 Å². The Morgan fingerprint density at radius 1 is 1.55 bits per heavy atom. The molecule has 0 saturated carbocycles. The molecular formula is C15H23ClN4O2. The highest BCUT2D eigenvalue weighted by molar-refractivity contribution is 6.29. The van der Waals surface area contributed by atoms with Crippen LogP contribution in [0.1, 0.15) is 33.6 Å². The van der Waals surface area contributed by atoms with Gasteiger partial charge in [-0.05, 0) is 45.6 Å². The Morgan fingerprint density at radius 2 is 2.32 bits per heavy atom. The standard InChI is InChI=1S/C15H23ClN4O2/c1-15(2,3)22-14(21)18-9-11-5-4-8-20(10-11)13-17-7-6-12(16)19-13/h6-7,11H,4-5,8-10H2,1-3H3,(H,18,21). The van der Waals surface area contributed by atoms with Gasteiger partial charge in [0.05, 0.1) is 0 Å². The normalized spacial score (nSPS) is 18.9. The van der Waals surface area contributed by atoms with Crippen LogP contribution in [-0.2, 0) is 4.74 Å². The number of amides is 1. The van der Waals surface area contributed by atoms with Crippen LogP contribution >= 0.6 is 11.6 Å². The molecule has 1 N–H and O–H groups in total. The van der Waals surface area contributed by atoms with Gasteiger partial charge >= 0.3 is 6.09 Å². The van der Waals surface area contributed by atoms with E-state index in [1.54, 1.807) is 12.3 Å². The van der Waals surface area contributed by atoms with Crippen molar-refractivity contribution in [2.24, 2.45) is 5.92 Å².